The Morgan fingerprint density at radius 1 is 1.14 bits per heavy atom. The third kappa shape index (κ3) is 3.05. The average Bonchev–Trinajstić information content (AvgIpc) is 3.02. The molecule has 0 fully saturated rings. The van der Waals surface area contributed by atoms with Gasteiger partial charge in [-0.25, -0.2) is 9.78 Å². The van der Waals surface area contributed by atoms with Crippen LogP contribution in [0.15, 0.2) is 48.5 Å². The normalized spacial score (nSPS) is 10.9. The lowest BCUT2D eigenvalue weighted by Gasteiger charge is -2.06. The number of nitrogens with zero attached hydrogens (tertiary/aromatic N) is 1. The Labute approximate surface area is 164 Å². The molecule has 3 N–H and O–H groups in total. The molecule has 4 rings (SSSR count). The fraction of sp³-hybridized carbons (Fsp3) is 0.0952. The fourth-order valence-corrected chi connectivity index (χ4v) is 4.05. The number of aryl methyl sites for hydroxylation is 1. The molecule has 0 atom stereocenters. The monoisotopic (exact) mass is 391 g/mol. The molecule has 140 valence electrons. The van der Waals surface area contributed by atoms with Gasteiger partial charge in [0.25, 0.3) is 5.91 Å². The van der Waals surface area contributed by atoms with Crippen LogP contribution in [0, 0.1) is 6.92 Å². The molecule has 2 aromatic carbocycles. The van der Waals surface area contributed by atoms with Crippen LogP contribution in [-0.4, -0.2) is 24.0 Å². The highest BCUT2D eigenvalue weighted by molar-refractivity contribution is 7.21. The summed E-state index contributed by atoms with van der Waals surface area (Å²) >= 11 is 1.25. The molecule has 0 aliphatic rings. The maximum absolute atomic E-state index is 12.8. The molecule has 6 nitrogen and oxygen atoms in total. The molecule has 0 bridgehead atoms. The van der Waals surface area contributed by atoms with Gasteiger partial charge >= 0.3 is 5.97 Å². The van der Waals surface area contributed by atoms with Crippen molar-refractivity contribution in [1.29, 1.82) is 0 Å². The van der Waals surface area contributed by atoms with Crippen LogP contribution < -0.4 is 11.1 Å². The molecule has 0 radical (unpaired) electrons. The number of thiophene rings is 1. The van der Waals surface area contributed by atoms with Crippen molar-refractivity contribution in [3.8, 4) is 0 Å². The number of esters is 1. The van der Waals surface area contributed by atoms with Gasteiger partial charge in [0.15, 0.2) is 0 Å². The van der Waals surface area contributed by atoms with E-state index in [0.717, 1.165) is 21.9 Å². The van der Waals surface area contributed by atoms with Gasteiger partial charge in [0.05, 0.1) is 23.9 Å². The number of benzene rings is 2. The van der Waals surface area contributed by atoms with E-state index < -0.39 is 5.97 Å². The number of fused-ring (bicyclic) bond motifs is 2. The highest BCUT2D eigenvalue weighted by Crippen LogP contribution is 2.35. The van der Waals surface area contributed by atoms with Crippen LogP contribution in [0.2, 0.25) is 0 Å². The first-order valence-corrected chi connectivity index (χ1v) is 9.37. The maximum atomic E-state index is 12.8. The van der Waals surface area contributed by atoms with Crippen molar-refractivity contribution < 1.29 is 14.3 Å². The maximum Gasteiger partial charge on any atom is 0.337 e. The number of pyridine rings is 1. The number of nitrogens with two attached hydrogens (primary N) is 1. The van der Waals surface area contributed by atoms with Crippen LogP contribution >= 0.6 is 11.3 Å². The topological polar surface area (TPSA) is 94.3 Å². The summed E-state index contributed by atoms with van der Waals surface area (Å²) in [6.45, 7) is 2.00. The molecule has 7 heteroatoms. The Morgan fingerprint density at radius 2 is 1.93 bits per heavy atom. The molecule has 0 aliphatic carbocycles. The lowest BCUT2D eigenvalue weighted by molar-refractivity contribution is 0.0600. The molecular formula is C21H17N3O3S. The first-order chi connectivity index (χ1) is 13.5. The van der Waals surface area contributed by atoms with Crippen LogP contribution in [0.1, 0.15) is 25.6 Å². The Hall–Kier alpha value is -3.45. The Morgan fingerprint density at radius 3 is 2.71 bits per heavy atom. The Kier molecular flexibility index (Phi) is 4.44. The number of hydrogen-bond donors (Lipinski definition) is 2. The summed E-state index contributed by atoms with van der Waals surface area (Å²) in [5.74, 6) is -0.813. The standard InChI is InChI=1S/C21H17N3O3S/c1-11-5-3-6-12-10-15-16(22)18(28-20(15)24-17(11)12)19(25)23-14-8-4-7-13(9-14)21(26)27-2/h3-10H,22H2,1-2H3,(H,23,25). The summed E-state index contributed by atoms with van der Waals surface area (Å²) in [7, 11) is 1.31. The summed E-state index contributed by atoms with van der Waals surface area (Å²) in [5, 5.41) is 4.53. The van der Waals surface area contributed by atoms with Gasteiger partial charge in [-0.1, -0.05) is 24.3 Å². The van der Waals surface area contributed by atoms with Crippen molar-refractivity contribution in [2.24, 2.45) is 0 Å². The molecular weight excluding hydrogens is 374 g/mol. The predicted octanol–water partition coefficient (Wildman–Crippen LogP) is 4.38. The first-order valence-electron chi connectivity index (χ1n) is 8.56. The van der Waals surface area contributed by atoms with E-state index in [1.54, 1.807) is 24.3 Å². The summed E-state index contributed by atoms with van der Waals surface area (Å²) < 4.78 is 4.71. The second-order valence-corrected chi connectivity index (χ2v) is 7.36. The SMILES string of the molecule is COC(=O)c1cccc(NC(=O)c2sc3nc4c(C)cccc4cc3c2N)c1. The van der Waals surface area contributed by atoms with E-state index in [-0.39, 0.29) is 5.91 Å². The number of methoxy groups -OCH3 is 1. The van der Waals surface area contributed by atoms with Crippen molar-refractivity contribution in [3.63, 3.8) is 0 Å². The van der Waals surface area contributed by atoms with Crippen molar-refractivity contribution in [2.75, 3.05) is 18.2 Å². The molecule has 28 heavy (non-hydrogen) atoms. The molecule has 0 saturated heterocycles. The van der Waals surface area contributed by atoms with Crippen molar-refractivity contribution in [2.45, 2.75) is 6.92 Å². The van der Waals surface area contributed by atoms with E-state index in [4.69, 9.17) is 15.5 Å². The van der Waals surface area contributed by atoms with Gasteiger partial charge in [-0.2, -0.15) is 0 Å². The minimum absolute atomic E-state index is 0.344. The second kappa shape index (κ2) is 6.94. The van der Waals surface area contributed by atoms with Gasteiger partial charge in [0, 0.05) is 16.5 Å². The summed E-state index contributed by atoms with van der Waals surface area (Å²) in [6.07, 6.45) is 0. The van der Waals surface area contributed by atoms with Gasteiger partial charge in [-0.3, -0.25) is 4.79 Å². The third-order valence-electron chi connectivity index (χ3n) is 4.49. The summed E-state index contributed by atoms with van der Waals surface area (Å²) in [6, 6.07) is 14.5. The number of nitrogens with one attached hydrogen (secondary N) is 1. The largest absolute Gasteiger partial charge is 0.465 e. The molecule has 0 saturated carbocycles. The van der Waals surface area contributed by atoms with Crippen LogP contribution in [0.3, 0.4) is 0 Å². The summed E-state index contributed by atoms with van der Waals surface area (Å²) in [4.78, 5) is 30.3. The van der Waals surface area contributed by atoms with Gasteiger partial charge in [0.2, 0.25) is 0 Å². The minimum Gasteiger partial charge on any atom is -0.465 e. The van der Waals surface area contributed by atoms with Crippen LogP contribution in [0.5, 0.6) is 0 Å². The highest BCUT2D eigenvalue weighted by Gasteiger charge is 2.19. The third-order valence-corrected chi connectivity index (χ3v) is 5.61. The van der Waals surface area contributed by atoms with Crippen LogP contribution in [0.4, 0.5) is 11.4 Å². The van der Waals surface area contributed by atoms with Crippen molar-refractivity contribution in [3.05, 3.63) is 64.5 Å². The van der Waals surface area contributed by atoms with E-state index in [1.165, 1.54) is 18.4 Å². The quantitative estimate of drug-likeness (QED) is 0.506. The molecule has 2 heterocycles. The van der Waals surface area contributed by atoms with E-state index in [9.17, 15) is 9.59 Å². The number of para-hydroxylation sites is 1. The molecule has 0 spiro atoms. The molecule has 0 unspecified atom stereocenters. The van der Waals surface area contributed by atoms with E-state index in [2.05, 4.69) is 5.32 Å². The average molecular weight is 391 g/mol. The molecule has 2 aromatic heterocycles. The van der Waals surface area contributed by atoms with E-state index in [0.29, 0.717) is 26.6 Å². The lowest BCUT2D eigenvalue weighted by Crippen LogP contribution is -2.12. The van der Waals surface area contributed by atoms with E-state index >= 15 is 0 Å². The number of nitrogen functional groups attached to an aromatic ring is 1. The van der Waals surface area contributed by atoms with Gasteiger partial charge in [-0.05, 0) is 36.8 Å². The fourth-order valence-electron chi connectivity index (χ4n) is 3.07. The molecule has 0 aliphatic heterocycles. The lowest BCUT2D eigenvalue weighted by atomic mass is 10.1. The minimum atomic E-state index is -0.469. The Balaban J connectivity index is 1.71. The van der Waals surface area contributed by atoms with Crippen LogP contribution in [-0.2, 0) is 4.74 Å². The van der Waals surface area contributed by atoms with Gasteiger partial charge < -0.3 is 15.8 Å². The number of hydrogen-bond acceptors (Lipinski definition) is 6. The zero-order chi connectivity index (χ0) is 19.8. The number of aromatic nitrogens is 1. The van der Waals surface area contributed by atoms with E-state index in [1.807, 2.05) is 31.2 Å². The van der Waals surface area contributed by atoms with Gasteiger partial charge in [0.1, 0.15) is 9.71 Å². The number of carbonyl (C=O) groups excluding carboxylic acids is 2. The zero-order valence-electron chi connectivity index (χ0n) is 15.3. The number of ether oxygens (including phenoxy) is 1. The first kappa shape index (κ1) is 17.9. The summed E-state index contributed by atoms with van der Waals surface area (Å²) in [5.41, 5.74) is 9.46. The van der Waals surface area contributed by atoms with Crippen molar-refractivity contribution >= 4 is 55.7 Å². The van der Waals surface area contributed by atoms with Crippen LogP contribution in [0.25, 0.3) is 21.1 Å². The number of carbonyl (C=O) groups is 2. The molecule has 1 amide bonds. The number of rotatable bonds is 3. The second-order valence-electron chi connectivity index (χ2n) is 6.36. The molecule has 4 aromatic rings. The number of amides is 1. The Bertz CT molecular complexity index is 1250. The predicted molar refractivity (Wildman–Crippen MR) is 112 cm³/mol. The van der Waals surface area contributed by atoms with Gasteiger partial charge in [-0.15, -0.1) is 11.3 Å². The number of anilines is 2. The van der Waals surface area contributed by atoms with Crippen molar-refractivity contribution in [1.82, 2.24) is 4.98 Å². The smallest absolute Gasteiger partial charge is 0.337 e. The highest BCUT2D eigenvalue weighted by atomic mass is 32.1. The zero-order valence-corrected chi connectivity index (χ0v) is 16.1.